The predicted octanol–water partition coefficient (Wildman–Crippen LogP) is 1.83. The zero-order valence-electron chi connectivity index (χ0n) is 12.3. The molecule has 23 heavy (non-hydrogen) atoms. The first-order valence-corrected chi connectivity index (χ1v) is 6.97. The number of phenolic OH excluding ortho intramolecular Hbond substituents is 3. The summed E-state index contributed by atoms with van der Waals surface area (Å²) in [4.78, 5) is 13.7. The highest BCUT2D eigenvalue weighted by Gasteiger charge is 2.16. The van der Waals surface area contributed by atoms with E-state index in [9.17, 15) is 20.1 Å². The van der Waals surface area contributed by atoms with E-state index < -0.39 is 23.3 Å². The van der Waals surface area contributed by atoms with Crippen LogP contribution in [-0.2, 0) is 6.54 Å². The molecule has 0 unspecified atom stereocenters. The van der Waals surface area contributed by atoms with Gasteiger partial charge in [0.15, 0.2) is 17.2 Å². The van der Waals surface area contributed by atoms with Gasteiger partial charge in [-0.2, -0.15) is 0 Å². The first-order chi connectivity index (χ1) is 11.0. The number of anilines is 1. The molecular weight excluding hydrogens is 300 g/mol. The van der Waals surface area contributed by atoms with E-state index in [4.69, 9.17) is 5.11 Å². The number of aliphatic hydroxyl groups is 1. The summed E-state index contributed by atoms with van der Waals surface area (Å²) < 4.78 is 0. The Morgan fingerprint density at radius 2 is 1.65 bits per heavy atom. The number of benzene rings is 2. The minimum absolute atomic E-state index is 0.122. The number of urea groups is 1. The fourth-order valence-electron chi connectivity index (χ4n) is 2.06. The van der Waals surface area contributed by atoms with Gasteiger partial charge in [0, 0.05) is 25.2 Å². The second kappa shape index (κ2) is 7.37. The van der Waals surface area contributed by atoms with Gasteiger partial charge in [-0.15, -0.1) is 0 Å². The number of hydrogen-bond donors (Lipinski definition) is 5. The largest absolute Gasteiger partial charge is 0.504 e. The van der Waals surface area contributed by atoms with E-state index in [0.29, 0.717) is 6.54 Å². The Kier molecular flexibility index (Phi) is 5.27. The first-order valence-electron chi connectivity index (χ1n) is 6.97. The molecule has 0 atom stereocenters. The summed E-state index contributed by atoms with van der Waals surface area (Å²) in [5, 5.41) is 39.8. The average Bonchev–Trinajstić information content (AvgIpc) is 2.53. The summed E-state index contributed by atoms with van der Waals surface area (Å²) in [5.41, 5.74) is 1.02. The van der Waals surface area contributed by atoms with E-state index in [1.807, 2.05) is 30.3 Å². The van der Waals surface area contributed by atoms with Crippen LogP contribution in [0.25, 0.3) is 0 Å². The summed E-state index contributed by atoms with van der Waals surface area (Å²) in [6.45, 7) is 0.215. The summed E-state index contributed by atoms with van der Waals surface area (Å²) in [5.74, 6) is -1.74. The number of aromatic hydroxyl groups is 3. The second-order valence-electron chi connectivity index (χ2n) is 4.92. The molecule has 0 aromatic heterocycles. The van der Waals surface area contributed by atoms with Crippen molar-refractivity contribution in [3.63, 3.8) is 0 Å². The van der Waals surface area contributed by atoms with Crippen LogP contribution in [0.4, 0.5) is 10.5 Å². The van der Waals surface area contributed by atoms with Gasteiger partial charge >= 0.3 is 6.03 Å². The van der Waals surface area contributed by atoms with E-state index in [-0.39, 0.29) is 18.8 Å². The molecular formula is C16H18N2O5. The Hall–Kier alpha value is -2.93. The lowest BCUT2D eigenvalue weighted by atomic mass is 10.2. The first kappa shape index (κ1) is 16.4. The molecule has 0 bridgehead atoms. The zero-order chi connectivity index (χ0) is 16.8. The molecule has 0 aliphatic carbocycles. The third-order valence-corrected chi connectivity index (χ3v) is 3.19. The van der Waals surface area contributed by atoms with Crippen LogP contribution < -0.4 is 5.32 Å². The molecule has 0 radical (unpaired) electrons. The van der Waals surface area contributed by atoms with Crippen LogP contribution in [0.15, 0.2) is 42.5 Å². The molecule has 0 aliphatic rings. The van der Waals surface area contributed by atoms with Gasteiger partial charge in [-0.25, -0.2) is 4.79 Å². The third-order valence-electron chi connectivity index (χ3n) is 3.19. The number of phenols is 3. The van der Waals surface area contributed by atoms with E-state index in [2.05, 4.69) is 5.32 Å². The second-order valence-corrected chi connectivity index (χ2v) is 4.92. The van der Waals surface area contributed by atoms with Crippen LogP contribution in [0.5, 0.6) is 17.2 Å². The smallest absolute Gasteiger partial charge is 0.322 e. The Bertz CT molecular complexity index is 652. The van der Waals surface area contributed by atoms with Crippen molar-refractivity contribution in [1.82, 2.24) is 4.90 Å². The number of carbonyl (C=O) groups is 1. The number of amides is 2. The van der Waals surface area contributed by atoms with Gasteiger partial charge in [-0.1, -0.05) is 30.3 Å². The van der Waals surface area contributed by atoms with Crippen molar-refractivity contribution < 1.29 is 25.2 Å². The van der Waals surface area contributed by atoms with Gasteiger partial charge in [-0.3, -0.25) is 0 Å². The quantitative estimate of drug-likeness (QED) is 0.426. The standard InChI is InChI=1S/C16H18N2O5/c19-7-6-18(10-11-4-2-1-3-5-11)16(23)17-12-8-13(20)15(22)14(21)9-12/h1-5,8-9,19-22H,6-7,10H2,(H,17,23). The molecule has 0 spiro atoms. The number of hydrogen-bond acceptors (Lipinski definition) is 5. The maximum Gasteiger partial charge on any atom is 0.322 e. The van der Waals surface area contributed by atoms with Crippen LogP contribution in [0.2, 0.25) is 0 Å². The highest BCUT2D eigenvalue weighted by Crippen LogP contribution is 2.37. The molecule has 2 amide bonds. The third kappa shape index (κ3) is 4.27. The topological polar surface area (TPSA) is 113 Å². The summed E-state index contributed by atoms with van der Waals surface area (Å²) in [6.07, 6.45) is 0. The highest BCUT2D eigenvalue weighted by atomic mass is 16.3. The molecule has 7 heteroatoms. The van der Waals surface area contributed by atoms with Gasteiger partial charge in [0.1, 0.15) is 0 Å². The molecule has 2 aromatic rings. The van der Waals surface area contributed by atoms with Crippen molar-refractivity contribution in [3.05, 3.63) is 48.0 Å². The molecule has 5 N–H and O–H groups in total. The van der Waals surface area contributed by atoms with Crippen molar-refractivity contribution >= 4 is 11.7 Å². The molecule has 0 heterocycles. The number of nitrogens with zero attached hydrogens (tertiary/aromatic N) is 1. The van der Waals surface area contributed by atoms with Crippen LogP contribution in [-0.4, -0.2) is 44.5 Å². The Labute approximate surface area is 133 Å². The van der Waals surface area contributed by atoms with Crippen molar-refractivity contribution in [2.24, 2.45) is 0 Å². The van der Waals surface area contributed by atoms with Crippen molar-refractivity contribution in [1.29, 1.82) is 0 Å². The van der Waals surface area contributed by atoms with E-state index >= 15 is 0 Å². The average molecular weight is 318 g/mol. The van der Waals surface area contributed by atoms with Crippen molar-refractivity contribution in [2.45, 2.75) is 6.54 Å². The monoisotopic (exact) mass is 318 g/mol. The van der Waals surface area contributed by atoms with Crippen LogP contribution in [0.3, 0.4) is 0 Å². The Balaban J connectivity index is 2.12. The van der Waals surface area contributed by atoms with Crippen molar-refractivity contribution in [2.75, 3.05) is 18.5 Å². The fraction of sp³-hybridized carbons (Fsp3) is 0.188. The SMILES string of the molecule is O=C(Nc1cc(O)c(O)c(O)c1)N(CCO)Cc1ccccc1. The van der Waals surface area contributed by atoms with Crippen LogP contribution in [0.1, 0.15) is 5.56 Å². The maximum atomic E-state index is 12.3. The Morgan fingerprint density at radius 3 is 2.22 bits per heavy atom. The van der Waals surface area contributed by atoms with Gasteiger partial charge in [0.05, 0.1) is 12.3 Å². The van der Waals surface area contributed by atoms with Crippen LogP contribution in [0, 0.1) is 0 Å². The Morgan fingerprint density at radius 1 is 1.04 bits per heavy atom. The van der Waals surface area contributed by atoms with Gasteiger partial charge in [0.25, 0.3) is 0 Å². The maximum absolute atomic E-state index is 12.3. The lowest BCUT2D eigenvalue weighted by Crippen LogP contribution is -2.36. The highest BCUT2D eigenvalue weighted by molar-refractivity contribution is 5.90. The molecule has 122 valence electrons. The van der Waals surface area contributed by atoms with Crippen molar-refractivity contribution in [3.8, 4) is 17.2 Å². The predicted molar refractivity (Wildman–Crippen MR) is 84.4 cm³/mol. The summed E-state index contributed by atoms with van der Waals surface area (Å²) >= 11 is 0. The fourth-order valence-corrected chi connectivity index (χ4v) is 2.06. The summed E-state index contributed by atoms with van der Waals surface area (Å²) in [6, 6.07) is 11.0. The number of rotatable bonds is 5. The molecule has 0 saturated heterocycles. The number of nitrogens with one attached hydrogen (secondary N) is 1. The number of aliphatic hydroxyl groups excluding tert-OH is 1. The van der Waals surface area contributed by atoms with Gasteiger partial charge in [-0.05, 0) is 5.56 Å². The van der Waals surface area contributed by atoms with Crippen LogP contribution >= 0.6 is 0 Å². The van der Waals surface area contributed by atoms with Gasteiger partial charge in [0.2, 0.25) is 0 Å². The molecule has 0 fully saturated rings. The normalized spacial score (nSPS) is 10.3. The van der Waals surface area contributed by atoms with Gasteiger partial charge < -0.3 is 30.6 Å². The molecule has 0 aliphatic heterocycles. The lowest BCUT2D eigenvalue weighted by Gasteiger charge is -2.22. The minimum atomic E-state index is -0.653. The minimum Gasteiger partial charge on any atom is -0.504 e. The summed E-state index contributed by atoms with van der Waals surface area (Å²) in [7, 11) is 0. The van der Waals surface area contributed by atoms with E-state index in [0.717, 1.165) is 17.7 Å². The molecule has 0 saturated carbocycles. The number of carbonyl (C=O) groups excluding carboxylic acids is 1. The molecule has 2 aromatic carbocycles. The lowest BCUT2D eigenvalue weighted by molar-refractivity contribution is 0.185. The molecule has 2 rings (SSSR count). The zero-order valence-corrected chi connectivity index (χ0v) is 12.3. The van der Waals surface area contributed by atoms with E-state index in [1.165, 1.54) is 4.90 Å². The van der Waals surface area contributed by atoms with E-state index in [1.54, 1.807) is 0 Å². The molecule has 7 nitrogen and oxygen atoms in total.